The first-order valence-electron chi connectivity index (χ1n) is 8.23. The van der Waals surface area contributed by atoms with Gasteiger partial charge in [-0.3, -0.25) is 0 Å². The predicted molar refractivity (Wildman–Crippen MR) is 88.5 cm³/mol. The van der Waals surface area contributed by atoms with Crippen molar-refractivity contribution in [2.45, 2.75) is 84.1 Å². The second-order valence-corrected chi connectivity index (χ2v) is 6.74. The Bertz CT molecular complexity index is 235. The molecule has 3 heteroatoms. The average molecular weight is 285 g/mol. The van der Waals surface area contributed by atoms with E-state index < -0.39 is 0 Å². The molecule has 0 radical (unpaired) electrons. The van der Waals surface area contributed by atoms with Crippen LogP contribution in [0.15, 0.2) is 0 Å². The third kappa shape index (κ3) is 9.26. The maximum Gasteiger partial charge on any atom is 0.166 e. The number of rotatable bonds is 8. The van der Waals surface area contributed by atoms with Gasteiger partial charge < -0.3 is 10.6 Å². The van der Waals surface area contributed by atoms with Crippen molar-refractivity contribution >= 4 is 17.3 Å². The van der Waals surface area contributed by atoms with Crippen molar-refractivity contribution in [1.82, 2.24) is 10.6 Å². The average Bonchev–Trinajstić information content (AvgIpc) is 2.38. The molecule has 0 atom stereocenters. The molecule has 0 bridgehead atoms. The molecule has 0 aromatic rings. The van der Waals surface area contributed by atoms with Crippen molar-refractivity contribution in [2.24, 2.45) is 5.92 Å². The summed E-state index contributed by atoms with van der Waals surface area (Å²) in [7, 11) is 0. The van der Waals surface area contributed by atoms with Crippen LogP contribution in [0.25, 0.3) is 0 Å². The standard InChI is InChI=1S/C16H32N2S/c1-14(2)10-6-3-4-9-13-17-16(19)18-15-11-7-5-8-12-15/h14-15H,3-13H2,1-2H3,(H2,17,18,19). The Hall–Kier alpha value is -0.310. The molecule has 0 aromatic heterocycles. The Labute approximate surface area is 125 Å². The summed E-state index contributed by atoms with van der Waals surface area (Å²) >= 11 is 5.35. The summed E-state index contributed by atoms with van der Waals surface area (Å²) in [6.45, 7) is 5.63. The third-order valence-electron chi connectivity index (χ3n) is 3.93. The van der Waals surface area contributed by atoms with Crippen LogP contribution in [-0.4, -0.2) is 17.7 Å². The van der Waals surface area contributed by atoms with Crippen LogP contribution in [-0.2, 0) is 0 Å². The van der Waals surface area contributed by atoms with Gasteiger partial charge in [-0.2, -0.15) is 0 Å². The first-order valence-corrected chi connectivity index (χ1v) is 8.63. The second kappa shape index (κ2) is 10.5. The second-order valence-electron chi connectivity index (χ2n) is 6.33. The molecule has 0 spiro atoms. The van der Waals surface area contributed by atoms with Gasteiger partial charge in [0.1, 0.15) is 0 Å². The summed E-state index contributed by atoms with van der Waals surface area (Å²) in [5.41, 5.74) is 0. The highest BCUT2D eigenvalue weighted by atomic mass is 32.1. The van der Waals surface area contributed by atoms with Crippen LogP contribution in [0.4, 0.5) is 0 Å². The molecule has 19 heavy (non-hydrogen) atoms. The molecule has 1 aliphatic rings. The molecule has 0 aliphatic heterocycles. The highest BCUT2D eigenvalue weighted by molar-refractivity contribution is 7.80. The summed E-state index contributed by atoms with van der Waals surface area (Å²) in [5, 5.41) is 7.68. The van der Waals surface area contributed by atoms with Gasteiger partial charge >= 0.3 is 0 Å². The van der Waals surface area contributed by atoms with Gasteiger partial charge in [0.05, 0.1) is 0 Å². The van der Waals surface area contributed by atoms with Crippen LogP contribution in [0.1, 0.15) is 78.1 Å². The van der Waals surface area contributed by atoms with E-state index in [1.54, 1.807) is 0 Å². The Morgan fingerprint density at radius 3 is 2.42 bits per heavy atom. The van der Waals surface area contributed by atoms with Gasteiger partial charge in [-0.15, -0.1) is 0 Å². The quantitative estimate of drug-likeness (QED) is 0.510. The van der Waals surface area contributed by atoms with Crippen LogP contribution in [0.3, 0.4) is 0 Å². The summed E-state index contributed by atoms with van der Waals surface area (Å²) in [6, 6.07) is 0.625. The Morgan fingerprint density at radius 2 is 1.74 bits per heavy atom. The van der Waals surface area contributed by atoms with E-state index in [-0.39, 0.29) is 0 Å². The molecule has 1 rings (SSSR count). The highest BCUT2D eigenvalue weighted by Gasteiger charge is 2.13. The molecule has 0 amide bonds. The fourth-order valence-corrected chi connectivity index (χ4v) is 2.99. The summed E-state index contributed by atoms with van der Waals surface area (Å²) in [5.74, 6) is 0.852. The zero-order valence-corrected chi connectivity index (χ0v) is 13.7. The summed E-state index contributed by atoms with van der Waals surface area (Å²) in [4.78, 5) is 0. The van der Waals surface area contributed by atoms with Crippen molar-refractivity contribution < 1.29 is 0 Å². The highest BCUT2D eigenvalue weighted by Crippen LogP contribution is 2.17. The molecule has 1 aliphatic carbocycles. The Kier molecular flexibility index (Phi) is 9.23. The lowest BCUT2D eigenvalue weighted by Gasteiger charge is -2.24. The lowest BCUT2D eigenvalue weighted by atomic mass is 9.96. The number of hydrogen-bond acceptors (Lipinski definition) is 1. The SMILES string of the molecule is CC(C)CCCCCCNC(=S)NC1CCCCC1. The molecule has 1 fully saturated rings. The van der Waals surface area contributed by atoms with Crippen molar-refractivity contribution in [3.8, 4) is 0 Å². The van der Waals surface area contributed by atoms with Crippen molar-refractivity contribution in [2.75, 3.05) is 6.54 Å². The van der Waals surface area contributed by atoms with E-state index in [4.69, 9.17) is 12.2 Å². The van der Waals surface area contributed by atoms with Crippen LogP contribution in [0, 0.1) is 5.92 Å². The lowest BCUT2D eigenvalue weighted by molar-refractivity contribution is 0.412. The minimum atomic E-state index is 0.625. The molecule has 0 unspecified atom stereocenters. The molecule has 0 saturated heterocycles. The first-order chi connectivity index (χ1) is 9.18. The monoisotopic (exact) mass is 284 g/mol. The molecule has 0 heterocycles. The van der Waals surface area contributed by atoms with Gasteiger partial charge in [0, 0.05) is 12.6 Å². The fraction of sp³-hybridized carbons (Fsp3) is 0.938. The van der Waals surface area contributed by atoms with E-state index in [1.165, 1.54) is 64.2 Å². The Morgan fingerprint density at radius 1 is 1.05 bits per heavy atom. The predicted octanol–water partition coefficient (Wildman–Crippen LogP) is 4.39. The van der Waals surface area contributed by atoms with E-state index >= 15 is 0 Å². The maximum atomic E-state index is 5.35. The first kappa shape index (κ1) is 16.7. The molecule has 112 valence electrons. The van der Waals surface area contributed by atoms with Crippen LogP contribution >= 0.6 is 12.2 Å². The smallest absolute Gasteiger partial charge is 0.166 e. The topological polar surface area (TPSA) is 24.1 Å². The van der Waals surface area contributed by atoms with Crippen LogP contribution < -0.4 is 10.6 Å². The molecule has 2 N–H and O–H groups in total. The number of thiocarbonyl (C=S) groups is 1. The Balaban J connectivity index is 1.89. The maximum absolute atomic E-state index is 5.35. The van der Waals surface area contributed by atoms with E-state index in [1.807, 2.05) is 0 Å². The van der Waals surface area contributed by atoms with E-state index in [9.17, 15) is 0 Å². The van der Waals surface area contributed by atoms with Gasteiger partial charge in [-0.25, -0.2) is 0 Å². The van der Waals surface area contributed by atoms with E-state index in [0.29, 0.717) is 6.04 Å². The minimum Gasteiger partial charge on any atom is -0.363 e. The lowest BCUT2D eigenvalue weighted by Crippen LogP contribution is -2.42. The third-order valence-corrected chi connectivity index (χ3v) is 4.20. The fourth-order valence-electron chi connectivity index (χ4n) is 2.72. The van der Waals surface area contributed by atoms with Gasteiger partial charge in [-0.05, 0) is 37.4 Å². The zero-order valence-electron chi connectivity index (χ0n) is 12.8. The number of nitrogens with one attached hydrogen (secondary N) is 2. The molecule has 1 saturated carbocycles. The summed E-state index contributed by atoms with van der Waals surface area (Å²) in [6.07, 6.45) is 13.4. The zero-order chi connectivity index (χ0) is 13.9. The van der Waals surface area contributed by atoms with Crippen LogP contribution in [0.5, 0.6) is 0 Å². The van der Waals surface area contributed by atoms with Gasteiger partial charge in [0.15, 0.2) is 5.11 Å². The van der Waals surface area contributed by atoms with E-state index in [0.717, 1.165) is 17.6 Å². The summed E-state index contributed by atoms with van der Waals surface area (Å²) < 4.78 is 0. The molecule has 0 aromatic carbocycles. The van der Waals surface area contributed by atoms with Crippen LogP contribution in [0.2, 0.25) is 0 Å². The number of hydrogen-bond donors (Lipinski definition) is 2. The largest absolute Gasteiger partial charge is 0.363 e. The van der Waals surface area contributed by atoms with Gasteiger partial charge in [-0.1, -0.05) is 58.8 Å². The molecular weight excluding hydrogens is 252 g/mol. The van der Waals surface area contributed by atoms with Crippen molar-refractivity contribution in [3.63, 3.8) is 0 Å². The number of unbranched alkanes of at least 4 members (excludes halogenated alkanes) is 3. The molecular formula is C16H32N2S. The van der Waals surface area contributed by atoms with Gasteiger partial charge in [0.2, 0.25) is 0 Å². The van der Waals surface area contributed by atoms with Crippen molar-refractivity contribution in [1.29, 1.82) is 0 Å². The van der Waals surface area contributed by atoms with Gasteiger partial charge in [0.25, 0.3) is 0 Å². The normalized spacial score (nSPS) is 16.6. The minimum absolute atomic E-state index is 0.625. The van der Waals surface area contributed by atoms with Crippen molar-refractivity contribution in [3.05, 3.63) is 0 Å². The molecule has 2 nitrogen and oxygen atoms in total. The van der Waals surface area contributed by atoms with E-state index in [2.05, 4.69) is 24.5 Å².